The van der Waals surface area contributed by atoms with Crippen LogP contribution in [0.4, 0.5) is 0 Å². The van der Waals surface area contributed by atoms with Crippen molar-refractivity contribution >= 4 is 11.9 Å². The molecule has 0 aromatic heterocycles. The van der Waals surface area contributed by atoms with Gasteiger partial charge in [-0.2, -0.15) is 0 Å². The van der Waals surface area contributed by atoms with Crippen LogP contribution in [0.15, 0.2) is 4.99 Å². The molecule has 1 atom stereocenters. The maximum absolute atomic E-state index is 12.0. The van der Waals surface area contributed by atoms with Gasteiger partial charge in [0.15, 0.2) is 5.96 Å². The van der Waals surface area contributed by atoms with E-state index in [1.54, 1.807) is 19.0 Å². The molecule has 1 aliphatic heterocycles. The van der Waals surface area contributed by atoms with E-state index in [-0.39, 0.29) is 12.5 Å². The molecule has 1 unspecified atom stereocenters. The second-order valence-electron chi connectivity index (χ2n) is 8.39. The summed E-state index contributed by atoms with van der Waals surface area (Å²) in [7, 11) is 3.54. The first-order valence-corrected chi connectivity index (χ1v) is 10.5. The maximum atomic E-state index is 12.0. The highest BCUT2D eigenvalue weighted by molar-refractivity contribution is 5.85. The summed E-state index contributed by atoms with van der Waals surface area (Å²) < 4.78 is 5.52. The van der Waals surface area contributed by atoms with Gasteiger partial charge in [-0.25, -0.2) is 4.99 Å². The summed E-state index contributed by atoms with van der Waals surface area (Å²) in [5.74, 6) is 1.44. The highest BCUT2D eigenvalue weighted by Crippen LogP contribution is 2.17. The molecule has 2 aliphatic rings. The summed E-state index contributed by atoms with van der Waals surface area (Å²) in [6.45, 7) is 9.17. The number of rotatable bonds is 8. The summed E-state index contributed by atoms with van der Waals surface area (Å²) in [4.78, 5) is 20.6. The van der Waals surface area contributed by atoms with E-state index in [4.69, 9.17) is 4.74 Å². The number of nitrogens with one attached hydrogen (secondary N) is 2. The summed E-state index contributed by atoms with van der Waals surface area (Å²) in [6.07, 6.45) is 6.04. The van der Waals surface area contributed by atoms with Gasteiger partial charge < -0.3 is 20.3 Å². The predicted molar refractivity (Wildman–Crippen MR) is 110 cm³/mol. The van der Waals surface area contributed by atoms with Crippen molar-refractivity contribution in [3.05, 3.63) is 0 Å². The van der Waals surface area contributed by atoms with E-state index in [2.05, 4.69) is 34.4 Å². The van der Waals surface area contributed by atoms with E-state index in [9.17, 15) is 4.79 Å². The molecule has 0 bridgehead atoms. The number of hydrogen-bond donors (Lipinski definition) is 2. The molecule has 27 heavy (non-hydrogen) atoms. The number of carbonyl (C=O) groups excluding carboxylic acids is 1. The van der Waals surface area contributed by atoms with Gasteiger partial charge in [-0.1, -0.05) is 26.7 Å². The number of aliphatic imine (C=N–C) groups is 1. The van der Waals surface area contributed by atoms with Crippen molar-refractivity contribution in [1.29, 1.82) is 0 Å². The molecule has 7 nitrogen and oxygen atoms in total. The van der Waals surface area contributed by atoms with Crippen LogP contribution in [-0.2, 0) is 9.53 Å². The number of hydrogen-bond acceptors (Lipinski definition) is 4. The number of ether oxygens (including phenoxy) is 1. The van der Waals surface area contributed by atoms with Crippen LogP contribution < -0.4 is 10.6 Å². The molecule has 0 aromatic carbocycles. The minimum atomic E-state index is 0.0226. The SMILES string of the molecule is CC(C)CC(CNC(=NCC(=O)N(C)C)NC1CCCC1)N1CCOCC1. The van der Waals surface area contributed by atoms with Gasteiger partial charge >= 0.3 is 0 Å². The molecular formula is C20H39N5O2. The average Bonchev–Trinajstić information content (AvgIpc) is 3.15. The third-order valence-electron chi connectivity index (χ3n) is 5.38. The van der Waals surface area contributed by atoms with E-state index < -0.39 is 0 Å². The summed E-state index contributed by atoms with van der Waals surface area (Å²) in [5, 5.41) is 7.08. The third kappa shape index (κ3) is 8.05. The van der Waals surface area contributed by atoms with Crippen LogP contribution in [0.2, 0.25) is 0 Å². The van der Waals surface area contributed by atoms with Crippen molar-refractivity contribution in [3.8, 4) is 0 Å². The zero-order valence-electron chi connectivity index (χ0n) is 17.7. The largest absolute Gasteiger partial charge is 0.379 e. The van der Waals surface area contributed by atoms with Crippen molar-refractivity contribution in [2.45, 2.75) is 58.0 Å². The van der Waals surface area contributed by atoms with Gasteiger partial charge in [-0.15, -0.1) is 0 Å². The van der Waals surface area contributed by atoms with Crippen LogP contribution in [0, 0.1) is 5.92 Å². The number of likely N-dealkylation sites (N-methyl/N-ethyl adjacent to an activating group) is 1. The summed E-state index contributed by atoms with van der Waals surface area (Å²) >= 11 is 0. The lowest BCUT2D eigenvalue weighted by Crippen LogP contribution is -2.52. The van der Waals surface area contributed by atoms with E-state index in [1.807, 2.05) is 0 Å². The molecule has 1 amide bonds. The topological polar surface area (TPSA) is 69.2 Å². The maximum Gasteiger partial charge on any atom is 0.243 e. The lowest BCUT2D eigenvalue weighted by Gasteiger charge is -2.36. The Kier molecular flexibility index (Phi) is 9.34. The molecule has 2 fully saturated rings. The van der Waals surface area contributed by atoms with Crippen molar-refractivity contribution in [3.63, 3.8) is 0 Å². The number of nitrogens with zero attached hydrogens (tertiary/aromatic N) is 3. The monoisotopic (exact) mass is 381 g/mol. The lowest BCUT2D eigenvalue weighted by atomic mass is 10.0. The number of carbonyl (C=O) groups is 1. The Morgan fingerprint density at radius 3 is 2.48 bits per heavy atom. The van der Waals surface area contributed by atoms with Gasteiger partial charge in [0, 0.05) is 45.8 Å². The first-order chi connectivity index (χ1) is 13.0. The van der Waals surface area contributed by atoms with Crippen LogP contribution in [0.5, 0.6) is 0 Å². The molecule has 156 valence electrons. The van der Waals surface area contributed by atoms with E-state index in [0.717, 1.165) is 45.2 Å². The third-order valence-corrected chi connectivity index (χ3v) is 5.38. The summed E-state index contributed by atoms with van der Waals surface area (Å²) in [6, 6.07) is 0.923. The second kappa shape index (κ2) is 11.5. The first-order valence-electron chi connectivity index (χ1n) is 10.5. The Labute approximate surface area is 164 Å². The molecule has 1 heterocycles. The normalized spacial score (nSPS) is 20.7. The predicted octanol–water partition coefficient (Wildman–Crippen LogP) is 1.30. The standard InChI is InChI=1S/C20H39N5O2/c1-16(2)13-18(25-9-11-27-12-10-25)14-21-20(22-15-19(26)24(3)4)23-17-7-5-6-8-17/h16-18H,5-15H2,1-4H3,(H2,21,22,23). The number of morpholine rings is 1. The Bertz CT molecular complexity index is 469. The van der Waals surface area contributed by atoms with Gasteiger partial charge in [0.25, 0.3) is 0 Å². The van der Waals surface area contributed by atoms with Gasteiger partial charge in [0.2, 0.25) is 5.91 Å². The molecule has 2 N–H and O–H groups in total. The smallest absolute Gasteiger partial charge is 0.243 e. The van der Waals surface area contributed by atoms with Crippen LogP contribution in [0.3, 0.4) is 0 Å². The minimum absolute atomic E-state index is 0.0226. The van der Waals surface area contributed by atoms with Crippen LogP contribution in [0.25, 0.3) is 0 Å². The zero-order valence-corrected chi connectivity index (χ0v) is 17.7. The Morgan fingerprint density at radius 1 is 1.22 bits per heavy atom. The van der Waals surface area contributed by atoms with Crippen molar-refractivity contribution in [1.82, 2.24) is 20.4 Å². The minimum Gasteiger partial charge on any atom is -0.379 e. The highest BCUT2D eigenvalue weighted by Gasteiger charge is 2.23. The van der Waals surface area contributed by atoms with Crippen molar-refractivity contribution < 1.29 is 9.53 Å². The Morgan fingerprint density at radius 2 is 1.89 bits per heavy atom. The van der Waals surface area contributed by atoms with E-state index in [0.29, 0.717) is 18.0 Å². The van der Waals surface area contributed by atoms with Crippen molar-refractivity contribution in [2.75, 3.05) is 53.5 Å². The lowest BCUT2D eigenvalue weighted by molar-refractivity contribution is -0.127. The fourth-order valence-corrected chi connectivity index (χ4v) is 3.77. The molecular weight excluding hydrogens is 342 g/mol. The van der Waals surface area contributed by atoms with Gasteiger partial charge in [0.1, 0.15) is 6.54 Å². The second-order valence-corrected chi connectivity index (χ2v) is 8.39. The molecule has 2 rings (SSSR count). The summed E-state index contributed by atoms with van der Waals surface area (Å²) in [5.41, 5.74) is 0. The van der Waals surface area contributed by atoms with Crippen molar-refractivity contribution in [2.24, 2.45) is 10.9 Å². The quantitative estimate of drug-likeness (QED) is 0.490. The molecule has 7 heteroatoms. The zero-order chi connectivity index (χ0) is 19.6. The molecule has 0 radical (unpaired) electrons. The fourth-order valence-electron chi connectivity index (χ4n) is 3.77. The average molecular weight is 382 g/mol. The van der Waals surface area contributed by atoms with E-state index in [1.165, 1.54) is 25.7 Å². The van der Waals surface area contributed by atoms with Crippen LogP contribution in [-0.4, -0.2) is 87.2 Å². The fraction of sp³-hybridized carbons (Fsp3) is 0.900. The molecule has 1 saturated heterocycles. The van der Waals surface area contributed by atoms with Gasteiger partial charge in [0.05, 0.1) is 13.2 Å². The number of guanidine groups is 1. The highest BCUT2D eigenvalue weighted by atomic mass is 16.5. The van der Waals surface area contributed by atoms with Gasteiger partial charge in [-0.3, -0.25) is 9.69 Å². The Hall–Kier alpha value is -1.34. The van der Waals surface area contributed by atoms with Crippen LogP contribution >= 0.6 is 0 Å². The molecule has 0 aromatic rings. The first kappa shape index (κ1) is 22.0. The molecule has 1 aliphatic carbocycles. The molecule has 1 saturated carbocycles. The van der Waals surface area contributed by atoms with Gasteiger partial charge in [-0.05, 0) is 25.2 Å². The van der Waals surface area contributed by atoms with Crippen LogP contribution in [0.1, 0.15) is 46.0 Å². The Balaban J connectivity index is 1.97. The van der Waals surface area contributed by atoms with E-state index >= 15 is 0 Å². The molecule has 0 spiro atoms. The number of amides is 1.